The second kappa shape index (κ2) is 8.13. The monoisotopic (exact) mass is 296 g/mol. The van der Waals surface area contributed by atoms with Crippen molar-refractivity contribution in [3.8, 4) is 0 Å². The lowest BCUT2D eigenvalue weighted by molar-refractivity contribution is -0.143. The average molecular weight is 296 g/mol. The smallest absolute Gasteiger partial charge is 0.306 e. The zero-order chi connectivity index (χ0) is 15.8. The van der Waals surface area contributed by atoms with Gasteiger partial charge in [0.25, 0.3) is 0 Å². The van der Waals surface area contributed by atoms with E-state index in [1.165, 1.54) is 0 Å². The number of Topliss-reactive ketones (excluding diaryl/α,β-unsaturated/α-hetero) is 1. The quantitative estimate of drug-likeness (QED) is 0.579. The molecule has 0 saturated heterocycles. The summed E-state index contributed by atoms with van der Waals surface area (Å²) in [4.78, 5) is 23.5. The first-order valence-corrected chi connectivity index (χ1v) is 7.50. The topological polar surface area (TPSA) is 43.4 Å². The molecule has 114 valence electrons. The van der Waals surface area contributed by atoms with Crippen molar-refractivity contribution in [1.29, 1.82) is 0 Å². The number of aryl methyl sites for hydroxylation is 1. The highest BCUT2D eigenvalue weighted by Gasteiger charge is 2.08. The van der Waals surface area contributed by atoms with Crippen LogP contribution in [0, 0.1) is 0 Å². The molecule has 3 heteroatoms. The molecule has 0 aliphatic rings. The highest BCUT2D eigenvalue weighted by Crippen LogP contribution is 2.11. The van der Waals surface area contributed by atoms with Crippen molar-refractivity contribution in [2.24, 2.45) is 0 Å². The first kappa shape index (κ1) is 16.0. The van der Waals surface area contributed by atoms with Crippen LogP contribution in [0.1, 0.15) is 34.8 Å². The van der Waals surface area contributed by atoms with Crippen molar-refractivity contribution in [1.82, 2.24) is 0 Å². The van der Waals surface area contributed by atoms with Crippen molar-refractivity contribution in [2.75, 3.05) is 6.61 Å². The maximum absolute atomic E-state index is 12.2. The lowest BCUT2D eigenvalue weighted by Gasteiger charge is -2.05. The standard InChI is InChI=1S/C19H20O3/c1-2-22-19(21)13-10-15-8-11-17(12-9-15)18(20)14-16-6-4-3-5-7-16/h3-9,11-12H,2,10,13-14H2,1H3. The molecule has 3 nitrogen and oxygen atoms in total. The first-order valence-electron chi connectivity index (χ1n) is 7.50. The molecule has 2 rings (SSSR count). The highest BCUT2D eigenvalue weighted by molar-refractivity contribution is 5.97. The van der Waals surface area contributed by atoms with Crippen LogP contribution < -0.4 is 0 Å². The van der Waals surface area contributed by atoms with E-state index in [9.17, 15) is 9.59 Å². The fourth-order valence-electron chi connectivity index (χ4n) is 2.22. The van der Waals surface area contributed by atoms with Crippen LogP contribution in [0.2, 0.25) is 0 Å². The summed E-state index contributed by atoms with van der Waals surface area (Å²) in [6.45, 7) is 2.21. The molecule has 0 heterocycles. The third kappa shape index (κ3) is 4.85. The van der Waals surface area contributed by atoms with Crippen molar-refractivity contribution in [2.45, 2.75) is 26.2 Å². The van der Waals surface area contributed by atoms with Gasteiger partial charge in [0.2, 0.25) is 0 Å². The van der Waals surface area contributed by atoms with Crippen LogP contribution in [-0.4, -0.2) is 18.4 Å². The van der Waals surface area contributed by atoms with Crippen molar-refractivity contribution < 1.29 is 14.3 Å². The minimum absolute atomic E-state index is 0.100. The van der Waals surface area contributed by atoms with Gasteiger partial charge in [-0.15, -0.1) is 0 Å². The molecule has 0 amide bonds. The number of ketones is 1. The van der Waals surface area contributed by atoms with Gasteiger partial charge in [0, 0.05) is 18.4 Å². The molecular weight excluding hydrogens is 276 g/mol. The van der Waals surface area contributed by atoms with Crippen LogP contribution >= 0.6 is 0 Å². The van der Waals surface area contributed by atoms with E-state index in [-0.39, 0.29) is 11.8 Å². The van der Waals surface area contributed by atoms with E-state index in [1.54, 1.807) is 6.92 Å². The lowest BCUT2D eigenvalue weighted by Crippen LogP contribution is -2.06. The number of hydrogen-bond acceptors (Lipinski definition) is 3. The Morgan fingerprint density at radius 3 is 2.23 bits per heavy atom. The summed E-state index contributed by atoms with van der Waals surface area (Å²) < 4.78 is 4.90. The van der Waals surface area contributed by atoms with Gasteiger partial charge in [0.15, 0.2) is 5.78 Å². The number of hydrogen-bond donors (Lipinski definition) is 0. The second-order valence-electron chi connectivity index (χ2n) is 5.09. The molecule has 2 aromatic carbocycles. The van der Waals surface area contributed by atoms with Crippen LogP contribution in [-0.2, 0) is 22.4 Å². The summed E-state index contributed by atoms with van der Waals surface area (Å²) >= 11 is 0. The summed E-state index contributed by atoms with van der Waals surface area (Å²) in [6, 6.07) is 17.2. The van der Waals surface area contributed by atoms with E-state index in [2.05, 4.69) is 0 Å². The molecule has 0 aliphatic heterocycles. The molecule has 2 aromatic rings. The first-order chi connectivity index (χ1) is 10.7. The summed E-state index contributed by atoms with van der Waals surface area (Å²) in [5.74, 6) is -0.0881. The predicted molar refractivity (Wildman–Crippen MR) is 85.9 cm³/mol. The number of carbonyl (C=O) groups is 2. The van der Waals surface area contributed by atoms with Gasteiger partial charge in [-0.3, -0.25) is 9.59 Å². The Balaban J connectivity index is 1.91. The molecule has 0 spiro atoms. The minimum atomic E-state index is -0.188. The highest BCUT2D eigenvalue weighted by atomic mass is 16.5. The van der Waals surface area contributed by atoms with Gasteiger partial charge >= 0.3 is 5.97 Å². The normalized spacial score (nSPS) is 10.2. The molecule has 0 aromatic heterocycles. The number of rotatable bonds is 7. The van der Waals surface area contributed by atoms with Gasteiger partial charge < -0.3 is 4.74 Å². The third-order valence-corrected chi connectivity index (χ3v) is 3.41. The van der Waals surface area contributed by atoms with Crippen molar-refractivity contribution in [3.05, 3.63) is 71.3 Å². The van der Waals surface area contributed by atoms with Crippen LogP contribution in [0.5, 0.6) is 0 Å². The van der Waals surface area contributed by atoms with Crippen LogP contribution in [0.3, 0.4) is 0 Å². The van der Waals surface area contributed by atoms with E-state index in [0.717, 1.165) is 11.1 Å². The van der Waals surface area contributed by atoms with Crippen LogP contribution in [0.25, 0.3) is 0 Å². The predicted octanol–water partition coefficient (Wildman–Crippen LogP) is 3.61. The molecule has 0 aliphatic carbocycles. The fourth-order valence-corrected chi connectivity index (χ4v) is 2.22. The van der Waals surface area contributed by atoms with E-state index >= 15 is 0 Å². The Hall–Kier alpha value is -2.42. The number of ether oxygens (including phenoxy) is 1. The van der Waals surface area contributed by atoms with E-state index in [4.69, 9.17) is 4.74 Å². The summed E-state index contributed by atoms with van der Waals surface area (Å²) in [7, 11) is 0. The van der Waals surface area contributed by atoms with Crippen molar-refractivity contribution >= 4 is 11.8 Å². The Kier molecular flexibility index (Phi) is 5.90. The van der Waals surface area contributed by atoms with Crippen molar-refractivity contribution in [3.63, 3.8) is 0 Å². The van der Waals surface area contributed by atoms with E-state index in [0.29, 0.717) is 31.4 Å². The minimum Gasteiger partial charge on any atom is -0.466 e. The molecule has 0 atom stereocenters. The summed E-state index contributed by atoms with van der Waals surface area (Å²) in [6.07, 6.45) is 1.40. The molecule has 0 N–H and O–H groups in total. The summed E-state index contributed by atoms with van der Waals surface area (Å²) in [5, 5.41) is 0. The lowest BCUT2D eigenvalue weighted by atomic mass is 10.0. The largest absolute Gasteiger partial charge is 0.466 e. The Morgan fingerprint density at radius 2 is 1.59 bits per heavy atom. The molecule has 22 heavy (non-hydrogen) atoms. The Morgan fingerprint density at radius 1 is 0.909 bits per heavy atom. The zero-order valence-corrected chi connectivity index (χ0v) is 12.7. The third-order valence-electron chi connectivity index (χ3n) is 3.41. The summed E-state index contributed by atoms with van der Waals surface area (Å²) in [5.41, 5.74) is 2.74. The fraction of sp³-hybridized carbons (Fsp3) is 0.263. The Bertz CT molecular complexity index is 615. The Labute approximate surface area is 130 Å². The molecule has 0 bridgehead atoms. The molecule has 0 fully saturated rings. The SMILES string of the molecule is CCOC(=O)CCc1ccc(C(=O)Cc2ccccc2)cc1. The van der Waals surface area contributed by atoms with E-state index in [1.807, 2.05) is 54.6 Å². The van der Waals surface area contributed by atoms with Crippen LogP contribution in [0.4, 0.5) is 0 Å². The molecule has 0 saturated carbocycles. The van der Waals surface area contributed by atoms with Gasteiger partial charge in [0.05, 0.1) is 6.61 Å². The number of esters is 1. The maximum atomic E-state index is 12.2. The zero-order valence-electron chi connectivity index (χ0n) is 12.7. The maximum Gasteiger partial charge on any atom is 0.306 e. The van der Waals surface area contributed by atoms with Crippen LogP contribution in [0.15, 0.2) is 54.6 Å². The van der Waals surface area contributed by atoms with E-state index < -0.39 is 0 Å². The molecular formula is C19H20O3. The van der Waals surface area contributed by atoms with Gasteiger partial charge in [0.1, 0.15) is 0 Å². The van der Waals surface area contributed by atoms with Gasteiger partial charge in [-0.25, -0.2) is 0 Å². The molecule has 0 unspecified atom stereocenters. The van der Waals surface area contributed by atoms with Gasteiger partial charge in [-0.1, -0.05) is 54.6 Å². The molecule has 0 radical (unpaired) electrons. The number of carbonyl (C=O) groups excluding carboxylic acids is 2. The number of benzene rings is 2. The van der Waals surface area contributed by atoms with Gasteiger partial charge in [-0.05, 0) is 24.5 Å². The second-order valence-corrected chi connectivity index (χ2v) is 5.09. The van der Waals surface area contributed by atoms with Gasteiger partial charge in [-0.2, -0.15) is 0 Å². The average Bonchev–Trinajstić information content (AvgIpc) is 2.54.